The third-order valence-electron chi connectivity index (χ3n) is 5.19. The summed E-state index contributed by atoms with van der Waals surface area (Å²) in [5.41, 5.74) is 2.32. The normalized spacial score (nSPS) is 14.7. The van der Waals surface area contributed by atoms with Gasteiger partial charge in [-0.15, -0.1) is 0 Å². The van der Waals surface area contributed by atoms with Gasteiger partial charge in [-0.05, 0) is 31.5 Å². The molecule has 1 amide bonds. The highest BCUT2D eigenvalue weighted by Gasteiger charge is 2.23. The number of amides is 1. The number of piperazine rings is 1. The van der Waals surface area contributed by atoms with E-state index < -0.39 is 0 Å². The number of hydrogen-bond acceptors (Lipinski definition) is 4. The van der Waals surface area contributed by atoms with Gasteiger partial charge in [0.2, 0.25) is 5.91 Å². The number of ether oxygens (including phenoxy) is 1. The number of rotatable bonds is 8. The summed E-state index contributed by atoms with van der Waals surface area (Å²) in [6.07, 6.45) is 0. The third kappa shape index (κ3) is 5.26. The van der Waals surface area contributed by atoms with E-state index in [1.807, 2.05) is 49.1 Å². The molecule has 2 aromatic rings. The highest BCUT2D eigenvalue weighted by atomic mass is 16.5. The first-order valence-electron chi connectivity index (χ1n) is 10.2. The molecule has 1 fully saturated rings. The van der Waals surface area contributed by atoms with Gasteiger partial charge < -0.3 is 14.5 Å². The standard InChI is InChI=1S/C23H31N3O2/c1-3-25(18-20-10-6-5-7-11-20)23(27)19-24-14-16-26(17-15-24)21-12-8-9-13-22(21)28-4-2/h5-13H,3-4,14-19H2,1-2H3. The molecule has 0 N–H and O–H groups in total. The minimum Gasteiger partial charge on any atom is -0.492 e. The summed E-state index contributed by atoms with van der Waals surface area (Å²) >= 11 is 0. The van der Waals surface area contributed by atoms with Gasteiger partial charge in [-0.25, -0.2) is 0 Å². The first-order chi connectivity index (χ1) is 13.7. The van der Waals surface area contributed by atoms with E-state index in [9.17, 15) is 4.79 Å². The van der Waals surface area contributed by atoms with Crippen LogP contribution in [0.2, 0.25) is 0 Å². The molecule has 0 bridgehead atoms. The van der Waals surface area contributed by atoms with E-state index in [-0.39, 0.29) is 5.91 Å². The Hall–Kier alpha value is -2.53. The van der Waals surface area contributed by atoms with E-state index in [2.05, 4.69) is 34.1 Å². The van der Waals surface area contributed by atoms with Crippen LogP contribution in [0.3, 0.4) is 0 Å². The number of carbonyl (C=O) groups excluding carboxylic acids is 1. The first-order valence-corrected chi connectivity index (χ1v) is 10.2. The van der Waals surface area contributed by atoms with Crippen molar-refractivity contribution in [3.63, 3.8) is 0 Å². The average molecular weight is 382 g/mol. The van der Waals surface area contributed by atoms with Crippen LogP contribution in [0.1, 0.15) is 19.4 Å². The fourth-order valence-corrected chi connectivity index (χ4v) is 3.61. The van der Waals surface area contributed by atoms with Crippen molar-refractivity contribution < 1.29 is 9.53 Å². The van der Waals surface area contributed by atoms with Crippen molar-refractivity contribution >= 4 is 11.6 Å². The molecule has 1 aliphatic heterocycles. The highest BCUT2D eigenvalue weighted by Crippen LogP contribution is 2.28. The molecule has 5 nitrogen and oxygen atoms in total. The summed E-state index contributed by atoms with van der Waals surface area (Å²) in [7, 11) is 0. The van der Waals surface area contributed by atoms with Crippen LogP contribution < -0.4 is 9.64 Å². The molecule has 0 unspecified atom stereocenters. The van der Waals surface area contributed by atoms with Crippen LogP contribution in [-0.2, 0) is 11.3 Å². The Morgan fingerprint density at radius 1 is 0.964 bits per heavy atom. The monoisotopic (exact) mass is 381 g/mol. The van der Waals surface area contributed by atoms with E-state index in [1.165, 1.54) is 5.56 Å². The average Bonchev–Trinajstić information content (AvgIpc) is 2.74. The molecule has 2 aromatic carbocycles. The van der Waals surface area contributed by atoms with Crippen molar-refractivity contribution in [3.8, 4) is 5.75 Å². The summed E-state index contributed by atoms with van der Waals surface area (Å²) in [6.45, 7) is 10.2. The molecular weight excluding hydrogens is 350 g/mol. The Balaban J connectivity index is 1.53. The molecular formula is C23H31N3O2. The number of anilines is 1. The van der Waals surface area contributed by atoms with Gasteiger partial charge >= 0.3 is 0 Å². The number of benzene rings is 2. The number of nitrogens with zero attached hydrogens (tertiary/aromatic N) is 3. The summed E-state index contributed by atoms with van der Waals surface area (Å²) < 4.78 is 5.77. The number of para-hydroxylation sites is 2. The van der Waals surface area contributed by atoms with E-state index in [1.54, 1.807) is 0 Å². The maximum atomic E-state index is 12.8. The van der Waals surface area contributed by atoms with E-state index in [0.717, 1.165) is 44.2 Å². The quantitative estimate of drug-likeness (QED) is 0.703. The zero-order valence-electron chi connectivity index (χ0n) is 17.0. The van der Waals surface area contributed by atoms with Crippen LogP contribution in [0, 0.1) is 0 Å². The molecule has 5 heteroatoms. The van der Waals surface area contributed by atoms with Crippen molar-refractivity contribution in [2.75, 3.05) is 50.8 Å². The largest absolute Gasteiger partial charge is 0.492 e. The Labute approximate surface area is 168 Å². The third-order valence-corrected chi connectivity index (χ3v) is 5.19. The van der Waals surface area contributed by atoms with Crippen molar-refractivity contribution in [2.24, 2.45) is 0 Å². The minimum absolute atomic E-state index is 0.203. The van der Waals surface area contributed by atoms with Gasteiger partial charge in [-0.1, -0.05) is 42.5 Å². The second-order valence-electron chi connectivity index (χ2n) is 7.06. The topological polar surface area (TPSA) is 36.0 Å². The van der Waals surface area contributed by atoms with Crippen molar-refractivity contribution in [1.29, 1.82) is 0 Å². The highest BCUT2D eigenvalue weighted by molar-refractivity contribution is 5.78. The molecule has 0 spiro atoms. The molecule has 3 rings (SSSR count). The molecule has 0 aliphatic carbocycles. The fraction of sp³-hybridized carbons (Fsp3) is 0.435. The molecule has 0 radical (unpaired) electrons. The molecule has 0 atom stereocenters. The van der Waals surface area contributed by atoms with Crippen LogP contribution in [0.15, 0.2) is 54.6 Å². The Bertz CT molecular complexity index is 743. The lowest BCUT2D eigenvalue weighted by Gasteiger charge is -2.37. The van der Waals surface area contributed by atoms with Gasteiger partial charge in [-0.3, -0.25) is 9.69 Å². The van der Waals surface area contributed by atoms with Gasteiger partial charge in [0.1, 0.15) is 5.75 Å². The number of hydrogen-bond donors (Lipinski definition) is 0. The van der Waals surface area contributed by atoms with Crippen LogP contribution in [0.4, 0.5) is 5.69 Å². The second-order valence-corrected chi connectivity index (χ2v) is 7.06. The van der Waals surface area contributed by atoms with Crippen molar-refractivity contribution in [3.05, 3.63) is 60.2 Å². The Morgan fingerprint density at radius 2 is 1.64 bits per heavy atom. The summed E-state index contributed by atoms with van der Waals surface area (Å²) in [5.74, 6) is 1.14. The maximum absolute atomic E-state index is 12.8. The summed E-state index contributed by atoms with van der Waals surface area (Å²) in [4.78, 5) is 19.3. The molecule has 0 saturated carbocycles. The molecule has 150 valence electrons. The zero-order valence-corrected chi connectivity index (χ0v) is 17.0. The lowest BCUT2D eigenvalue weighted by molar-refractivity contribution is -0.132. The van der Waals surface area contributed by atoms with Gasteiger partial charge in [-0.2, -0.15) is 0 Å². The van der Waals surface area contributed by atoms with Crippen LogP contribution in [0.25, 0.3) is 0 Å². The number of carbonyl (C=O) groups is 1. The Morgan fingerprint density at radius 3 is 2.32 bits per heavy atom. The van der Waals surface area contributed by atoms with Crippen LogP contribution in [-0.4, -0.2) is 61.6 Å². The zero-order chi connectivity index (χ0) is 19.8. The van der Waals surface area contributed by atoms with Gasteiger partial charge in [0, 0.05) is 39.3 Å². The smallest absolute Gasteiger partial charge is 0.237 e. The number of likely N-dealkylation sites (N-methyl/N-ethyl adjacent to an activating group) is 1. The summed E-state index contributed by atoms with van der Waals surface area (Å²) in [5, 5.41) is 0. The van der Waals surface area contributed by atoms with E-state index in [0.29, 0.717) is 19.7 Å². The van der Waals surface area contributed by atoms with Gasteiger partial charge in [0.15, 0.2) is 0 Å². The van der Waals surface area contributed by atoms with Gasteiger partial charge in [0.05, 0.1) is 18.8 Å². The van der Waals surface area contributed by atoms with E-state index in [4.69, 9.17) is 4.74 Å². The molecule has 0 aromatic heterocycles. The fourth-order valence-electron chi connectivity index (χ4n) is 3.61. The summed E-state index contributed by atoms with van der Waals surface area (Å²) in [6, 6.07) is 18.4. The predicted octanol–water partition coefficient (Wildman–Crippen LogP) is 3.26. The lowest BCUT2D eigenvalue weighted by Crippen LogP contribution is -2.50. The second kappa shape index (κ2) is 10.1. The van der Waals surface area contributed by atoms with Crippen molar-refractivity contribution in [2.45, 2.75) is 20.4 Å². The lowest BCUT2D eigenvalue weighted by atomic mass is 10.2. The SMILES string of the molecule is CCOc1ccccc1N1CCN(CC(=O)N(CC)Cc2ccccc2)CC1. The molecule has 1 heterocycles. The van der Waals surface area contributed by atoms with Gasteiger partial charge in [0.25, 0.3) is 0 Å². The minimum atomic E-state index is 0.203. The Kier molecular flexibility index (Phi) is 7.31. The molecule has 28 heavy (non-hydrogen) atoms. The maximum Gasteiger partial charge on any atom is 0.237 e. The van der Waals surface area contributed by atoms with Crippen LogP contribution in [0.5, 0.6) is 5.75 Å². The van der Waals surface area contributed by atoms with E-state index >= 15 is 0 Å². The molecule has 1 aliphatic rings. The van der Waals surface area contributed by atoms with Crippen molar-refractivity contribution in [1.82, 2.24) is 9.80 Å². The van der Waals surface area contributed by atoms with Crippen LogP contribution >= 0.6 is 0 Å². The predicted molar refractivity (Wildman–Crippen MR) is 114 cm³/mol. The first kappa shape index (κ1) is 20.2. The molecule has 1 saturated heterocycles.